The highest BCUT2D eigenvalue weighted by atomic mass is 16.5. The van der Waals surface area contributed by atoms with Crippen LogP contribution in [0.2, 0.25) is 0 Å². The molecule has 0 aromatic heterocycles. The maximum absolute atomic E-state index is 8.46. The summed E-state index contributed by atoms with van der Waals surface area (Å²) in [6.45, 7) is 0. The van der Waals surface area contributed by atoms with Crippen LogP contribution < -0.4 is 20.7 Å². The number of hydrogen-bond acceptors (Lipinski definition) is 4. The molecule has 0 spiro atoms. The van der Waals surface area contributed by atoms with Crippen LogP contribution in [-0.2, 0) is 0 Å². The maximum Gasteiger partial charge on any atom is 0.218 e. The number of benzene rings is 1. The molecule has 1 rings (SSSR count). The Morgan fingerprint density at radius 1 is 1.33 bits per heavy atom. The number of hydroxylamine groups is 1. The number of nitrogens with two attached hydrogens (primary N) is 1. The lowest BCUT2D eigenvalue weighted by atomic mass is 10.3. The lowest BCUT2D eigenvalue weighted by molar-refractivity contribution is 0.233. The summed E-state index contributed by atoms with van der Waals surface area (Å²) < 4.78 is 10.1. The smallest absolute Gasteiger partial charge is 0.218 e. The Morgan fingerprint density at radius 3 is 2.53 bits per heavy atom. The van der Waals surface area contributed by atoms with Crippen LogP contribution >= 0.6 is 0 Å². The molecule has 0 aliphatic rings. The Labute approximate surface area is 87.3 Å². The summed E-state index contributed by atoms with van der Waals surface area (Å²) in [5.74, 6) is 1.05. The van der Waals surface area contributed by atoms with E-state index in [4.69, 9.17) is 20.4 Å². The van der Waals surface area contributed by atoms with Gasteiger partial charge in [0.25, 0.3) is 0 Å². The Morgan fingerprint density at radius 2 is 2.00 bits per heavy atom. The third kappa shape index (κ3) is 2.75. The molecule has 82 valence electrons. The van der Waals surface area contributed by atoms with Crippen molar-refractivity contribution in [2.45, 2.75) is 0 Å². The third-order valence-electron chi connectivity index (χ3n) is 1.73. The Bertz CT molecular complexity index is 366. The summed E-state index contributed by atoms with van der Waals surface area (Å²) in [7, 11) is 3.07. The summed E-state index contributed by atoms with van der Waals surface area (Å²) in [5.41, 5.74) is 7.57. The van der Waals surface area contributed by atoms with Gasteiger partial charge in [0, 0.05) is 6.07 Å². The maximum atomic E-state index is 8.46. The highest BCUT2D eigenvalue weighted by molar-refractivity contribution is 5.80. The molecule has 6 nitrogen and oxygen atoms in total. The van der Waals surface area contributed by atoms with Crippen molar-refractivity contribution in [1.82, 2.24) is 5.48 Å². The normalized spacial score (nSPS) is 11.0. The number of aliphatic imine (C=N–C) groups is 1. The topological polar surface area (TPSA) is 89.1 Å². The number of guanidine groups is 1. The molecular weight excluding hydrogens is 198 g/mol. The zero-order valence-electron chi connectivity index (χ0n) is 8.52. The minimum atomic E-state index is -0.0952. The van der Waals surface area contributed by atoms with E-state index in [1.165, 1.54) is 7.11 Å². The fourth-order valence-corrected chi connectivity index (χ4v) is 1.06. The van der Waals surface area contributed by atoms with E-state index in [1.54, 1.807) is 30.8 Å². The molecular formula is C9H13N3O3. The van der Waals surface area contributed by atoms with Crippen molar-refractivity contribution in [3.05, 3.63) is 18.2 Å². The van der Waals surface area contributed by atoms with Crippen LogP contribution in [0, 0.1) is 0 Å². The van der Waals surface area contributed by atoms with E-state index in [9.17, 15) is 0 Å². The average molecular weight is 211 g/mol. The van der Waals surface area contributed by atoms with Gasteiger partial charge in [-0.3, -0.25) is 5.21 Å². The molecule has 0 radical (unpaired) electrons. The highest BCUT2D eigenvalue weighted by Gasteiger charge is 2.03. The number of nitrogens with zero attached hydrogens (tertiary/aromatic N) is 1. The van der Waals surface area contributed by atoms with Crippen LogP contribution in [0.25, 0.3) is 0 Å². The van der Waals surface area contributed by atoms with Gasteiger partial charge in [-0.1, -0.05) is 0 Å². The molecule has 4 N–H and O–H groups in total. The number of rotatable bonds is 3. The summed E-state index contributed by atoms with van der Waals surface area (Å²) >= 11 is 0. The summed E-state index contributed by atoms with van der Waals surface area (Å²) in [6.07, 6.45) is 0. The molecule has 0 aliphatic carbocycles. The van der Waals surface area contributed by atoms with E-state index >= 15 is 0 Å². The Kier molecular flexibility index (Phi) is 3.75. The predicted octanol–water partition coefficient (Wildman–Crippen LogP) is 0.629. The lowest BCUT2D eigenvalue weighted by Crippen LogP contribution is -2.27. The van der Waals surface area contributed by atoms with Crippen LogP contribution in [0.3, 0.4) is 0 Å². The van der Waals surface area contributed by atoms with Crippen molar-refractivity contribution in [1.29, 1.82) is 0 Å². The molecule has 0 amide bonds. The average Bonchev–Trinajstić information content (AvgIpc) is 2.28. The van der Waals surface area contributed by atoms with Crippen LogP contribution in [0.15, 0.2) is 23.2 Å². The van der Waals surface area contributed by atoms with Gasteiger partial charge in [0.1, 0.15) is 0 Å². The van der Waals surface area contributed by atoms with Crippen molar-refractivity contribution in [2.24, 2.45) is 10.7 Å². The summed E-state index contributed by atoms with van der Waals surface area (Å²) in [4.78, 5) is 3.86. The number of methoxy groups -OCH3 is 2. The molecule has 1 aromatic rings. The SMILES string of the molecule is COc1ccc(N=C(N)NO)cc1OC. The van der Waals surface area contributed by atoms with Crippen LogP contribution in [-0.4, -0.2) is 25.4 Å². The van der Waals surface area contributed by atoms with E-state index < -0.39 is 0 Å². The monoisotopic (exact) mass is 211 g/mol. The van der Waals surface area contributed by atoms with E-state index in [-0.39, 0.29) is 5.96 Å². The predicted molar refractivity (Wildman–Crippen MR) is 55.8 cm³/mol. The van der Waals surface area contributed by atoms with Crippen molar-refractivity contribution >= 4 is 11.6 Å². The zero-order valence-corrected chi connectivity index (χ0v) is 8.52. The second kappa shape index (κ2) is 5.06. The molecule has 0 aliphatic heterocycles. The molecule has 0 unspecified atom stereocenters. The molecule has 0 atom stereocenters. The summed E-state index contributed by atoms with van der Waals surface area (Å²) in [6, 6.07) is 5.02. The lowest BCUT2D eigenvalue weighted by Gasteiger charge is -2.07. The van der Waals surface area contributed by atoms with Gasteiger partial charge in [0.2, 0.25) is 5.96 Å². The van der Waals surface area contributed by atoms with E-state index in [2.05, 4.69) is 4.99 Å². The largest absolute Gasteiger partial charge is 0.493 e. The van der Waals surface area contributed by atoms with Crippen molar-refractivity contribution in [3.8, 4) is 11.5 Å². The van der Waals surface area contributed by atoms with Gasteiger partial charge in [-0.05, 0) is 12.1 Å². The molecule has 15 heavy (non-hydrogen) atoms. The highest BCUT2D eigenvalue weighted by Crippen LogP contribution is 2.30. The minimum absolute atomic E-state index is 0.0952. The molecule has 6 heteroatoms. The first-order valence-electron chi connectivity index (χ1n) is 4.17. The van der Waals surface area contributed by atoms with Crippen LogP contribution in [0.5, 0.6) is 11.5 Å². The number of nitrogens with one attached hydrogen (secondary N) is 1. The fraction of sp³-hybridized carbons (Fsp3) is 0.222. The molecule has 0 saturated carbocycles. The van der Waals surface area contributed by atoms with E-state index in [0.717, 1.165) is 0 Å². The Hall–Kier alpha value is -1.95. The number of hydrogen-bond donors (Lipinski definition) is 3. The van der Waals surface area contributed by atoms with E-state index in [1.807, 2.05) is 0 Å². The standard InChI is InChI=1S/C9H13N3O3/c1-14-7-4-3-6(5-8(7)15-2)11-9(10)12-13/h3-5,13H,1-2H3,(H3,10,11,12). The van der Waals surface area contributed by atoms with Crippen molar-refractivity contribution in [2.75, 3.05) is 14.2 Å². The van der Waals surface area contributed by atoms with Gasteiger partial charge >= 0.3 is 0 Å². The molecule has 0 bridgehead atoms. The minimum Gasteiger partial charge on any atom is -0.493 e. The van der Waals surface area contributed by atoms with Crippen molar-refractivity contribution < 1.29 is 14.7 Å². The molecule has 1 aromatic carbocycles. The van der Waals surface area contributed by atoms with Gasteiger partial charge in [-0.25, -0.2) is 10.5 Å². The first-order chi connectivity index (χ1) is 7.21. The van der Waals surface area contributed by atoms with Gasteiger partial charge in [-0.15, -0.1) is 0 Å². The van der Waals surface area contributed by atoms with Gasteiger partial charge in [0.05, 0.1) is 19.9 Å². The molecule has 0 saturated heterocycles. The second-order valence-electron chi connectivity index (χ2n) is 2.65. The van der Waals surface area contributed by atoms with Crippen molar-refractivity contribution in [3.63, 3.8) is 0 Å². The molecule has 0 heterocycles. The first-order valence-corrected chi connectivity index (χ1v) is 4.17. The van der Waals surface area contributed by atoms with Gasteiger partial charge in [0.15, 0.2) is 11.5 Å². The quantitative estimate of drug-likeness (QED) is 0.387. The Balaban J connectivity index is 3.03. The number of ether oxygens (including phenoxy) is 2. The van der Waals surface area contributed by atoms with Crippen LogP contribution in [0.1, 0.15) is 0 Å². The fourth-order valence-electron chi connectivity index (χ4n) is 1.06. The first kappa shape index (κ1) is 11.1. The van der Waals surface area contributed by atoms with E-state index in [0.29, 0.717) is 17.2 Å². The van der Waals surface area contributed by atoms with Crippen LogP contribution in [0.4, 0.5) is 5.69 Å². The third-order valence-corrected chi connectivity index (χ3v) is 1.73. The van der Waals surface area contributed by atoms with Gasteiger partial charge < -0.3 is 15.2 Å². The molecule has 0 fully saturated rings. The zero-order chi connectivity index (χ0) is 11.3. The summed E-state index contributed by atoms with van der Waals surface area (Å²) in [5, 5.41) is 8.46. The second-order valence-corrected chi connectivity index (χ2v) is 2.65. The van der Waals surface area contributed by atoms with Gasteiger partial charge in [-0.2, -0.15) is 0 Å².